The van der Waals surface area contributed by atoms with Gasteiger partial charge in [0.2, 0.25) is 0 Å². The summed E-state index contributed by atoms with van der Waals surface area (Å²) in [5, 5.41) is 13.2. The standard InChI is InChI=1S/C19H23NO3/c1-19(2,3)20-12-17(22)15-9-10-18(16(21)11-15)23-13-14-7-5-4-6-8-14/h4-11,20-21H,12-13H2,1-3H3. The van der Waals surface area contributed by atoms with E-state index in [0.717, 1.165) is 5.56 Å². The zero-order valence-electron chi connectivity index (χ0n) is 13.8. The lowest BCUT2D eigenvalue weighted by Gasteiger charge is -2.19. The van der Waals surface area contributed by atoms with Crippen LogP contribution in [0.1, 0.15) is 36.7 Å². The number of hydrogen-bond donors (Lipinski definition) is 2. The molecule has 0 aromatic heterocycles. The Morgan fingerprint density at radius 3 is 2.43 bits per heavy atom. The summed E-state index contributed by atoms with van der Waals surface area (Å²) in [6, 6.07) is 14.5. The van der Waals surface area contributed by atoms with Gasteiger partial charge in [-0.1, -0.05) is 30.3 Å². The first-order chi connectivity index (χ1) is 10.8. The molecule has 0 saturated heterocycles. The Hall–Kier alpha value is -2.33. The van der Waals surface area contributed by atoms with E-state index < -0.39 is 0 Å². The van der Waals surface area contributed by atoms with Crippen LogP contribution in [0.3, 0.4) is 0 Å². The monoisotopic (exact) mass is 313 g/mol. The van der Waals surface area contributed by atoms with E-state index in [1.807, 2.05) is 51.1 Å². The Morgan fingerprint density at radius 2 is 1.83 bits per heavy atom. The Balaban J connectivity index is 1.98. The summed E-state index contributed by atoms with van der Waals surface area (Å²) in [5.74, 6) is 0.279. The number of ether oxygens (including phenoxy) is 1. The third kappa shape index (κ3) is 5.42. The van der Waals surface area contributed by atoms with Gasteiger partial charge in [-0.15, -0.1) is 0 Å². The van der Waals surface area contributed by atoms with Crippen LogP contribution in [0, 0.1) is 0 Å². The Labute approximate surface area is 137 Å². The number of phenolic OH excluding ortho intramolecular Hbond substituents is 1. The van der Waals surface area contributed by atoms with Crippen molar-refractivity contribution in [3.63, 3.8) is 0 Å². The molecule has 0 fully saturated rings. The van der Waals surface area contributed by atoms with Crippen molar-refractivity contribution >= 4 is 5.78 Å². The molecule has 0 unspecified atom stereocenters. The van der Waals surface area contributed by atoms with Gasteiger partial charge < -0.3 is 15.2 Å². The molecule has 0 aliphatic heterocycles. The number of rotatable bonds is 6. The normalized spacial score (nSPS) is 11.3. The Kier molecular flexibility index (Phi) is 5.40. The molecule has 0 radical (unpaired) electrons. The molecule has 0 bridgehead atoms. The minimum absolute atomic E-state index is 0.0254. The van der Waals surface area contributed by atoms with Crippen molar-refractivity contribution in [2.75, 3.05) is 6.54 Å². The first-order valence-corrected chi connectivity index (χ1v) is 7.63. The number of carbonyl (C=O) groups excluding carboxylic acids is 1. The number of hydrogen-bond acceptors (Lipinski definition) is 4. The molecule has 2 rings (SSSR count). The first-order valence-electron chi connectivity index (χ1n) is 7.63. The van der Waals surface area contributed by atoms with Crippen LogP contribution >= 0.6 is 0 Å². The van der Waals surface area contributed by atoms with Gasteiger partial charge in [-0.2, -0.15) is 0 Å². The summed E-state index contributed by atoms with van der Waals surface area (Å²) in [6.45, 7) is 6.59. The number of phenols is 1. The number of nitrogens with one attached hydrogen (secondary N) is 1. The molecular weight excluding hydrogens is 290 g/mol. The van der Waals surface area contributed by atoms with Gasteiger partial charge in [0.25, 0.3) is 0 Å². The summed E-state index contributed by atoms with van der Waals surface area (Å²) >= 11 is 0. The molecule has 2 aromatic rings. The molecule has 4 heteroatoms. The largest absolute Gasteiger partial charge is 0.504 e. The summed E-state index contributed by atoms with van der Waals surface area (Å²) < 4.78 is 5.59. The highest BCUT2D eigenvalue weighted by Gasteiger charge is 2.14. The van der Waals surface area contributed by atoms with Gasteiger partial charge in [0, 0.05) is 11.1 Å². The fourth-order valence-electron chi connectivity index (χ4n) is 2.00. The lowest BCUT2D eigenvalue weighted by Crippen LogP contribution is -2.39. The van der Waals surface area contributed by atoms with Crippen molar-refractivity contribution < 1.29 is 14.6 Å². The van der Waals surface area contributed by atoms with Crippen LogP contribution in [0.5, 0.6) is 11.5 Å². The van der Waals surface area contributed by atoms with E-state index in [1.54, 1.807) is 12.1 Å². The number of ketones is 1. The smallest absolute Gasteiger partial charge is 0.176 e. The molecule has 23 heavy (non-hydrogen) atoms. The van der Waals surface area contributed by atoms with Crippen LogP contribution in [0.25, 0.3) is 0 Å². The van der Waals surface area contributed by atoms with E-state index in [0.29, 0.717) is 17.9 Å². The summed E-state index contributed by atoms with van der Waals surface area (Å²) in [4.78, 5) is 12.1. The van der Waals surface area contributed by atoms with Crippen molar-refractivity contribution in [2.45, 2.75) is 32.9 Å². The quantitative estimate of drug-likeness (QED) is 0.801. The molecule has 0 heterocycles. The van der Waals surface area contributed by atoms with Crippen LogP contribution in [0.2, 0.25) is 0 Å². The van der Waals surface area contributed by atoms with Gasteiger partial charge in [0.05, 0.1) is 6.54 Å². The maximum Gasteiger partial charge on any atom is 0.176 e. The average Bonchev–Trinajstić information content (AvgIpc) is 2.51. The highest BCUT2D eigenvalue weighted by Crippen LogP contribution is 2.27. The highest BCUT2D eigenvalue weighted by atomic mass is 16.5. The number of aromatic hydroxyl groups is 1. The van der Waals surface area contributed by atoms with E-state index in [-0.39, 0.29) is 23.6 Å². The molecule has 0 aliphatic carbocycles. The third-order valence-electron chi connectivity index (χ3n) is 3.30. The molecule has 122 valence electrons. The van der Waals surface area contributed by atoms with Crippen molar-refractivity contribution in [3.8, 4) is 11.5 Å². The number of benzene rings is 2. The van der Waals surface area contributed by atoms with Gasteiger partial charge >= 0.3 is 0 Å². The van der Waals surface area contributed by atoms with Gasteiger partial charge in [-0.05, 0) is 44.5 Å². The van der Waals surface area contributed by atoms with Gasteiger partial charge in [-0.3, -0.25) is 4.79 Å². The zero-order valence-corrected chi connectivity index (χ0v) is 13.8. The zero-order chi connectivity index (χ0) is 16.9. The number of Topliss-reactive ketones (excluding diaryl/α,β-unsaturated/α-hetero) is 1. The summed E-state index contributed by atoms with van der Waals surface area (Å²) in [5.41, 5.74) is 1.35. The first kappa shape index (κ1) is 17.0. The molecule has 4 nitrogen and oxygen atoms in total. The van der Waals surface area contributed by atoms with Gasteiger partial charge in [-0.25, -0.2) is 0 Å². The van der Waals surface area contributed by atoms with Crippen molar-refractivity contribution in [3.05, 3.63) is 59.7 Å². The molecule has 0 spiro atoms. The average molecular weight is 313 g/mol. The predicted molar refractivity (Wildman–Crippen MR) is 91.0 cm³/mol. The van der Waals surface area contributed by atoms with Crippen LogP contribution in [-0.4, -0.2) is 23.0 Å². The summed E-state index contributed by atoms with van der Waals surface area (Å²) in [6.07, 6.45) is 0. The Morgan fingerprint density at radius 1 is 1.13 bits per heavy atom. The molecule has 0 atom stereocenters. The fraction of sp³-hybridized carbons (Fsp3) is 0.316. The molecule has 0 aliphatic rings. The second kappa shape index (κ2) is 7.29. The molecule has 2 aromatic carbocycles. The lowest BCUT2D eigenvalue weighted by molar-refractivity contribution is 0.0981. The topological polar surface area (TPSA) is 58.6 Å². The SMILES string of the molecule is CC(C)(C)NCC(=O)c1ccc(OCc2ccccc2)c(O)c1. The van der Waals surface area contributed by atoms with Crippen molar-refractivity contribution in [1.82, 2.24) is 5.32 Å². The molecule has 2 N–H and O–H groups in total. The number of carbonyl (C=O) groups is 1. The van der Waals surface area contributed by atoms with Crippen molar-refractivity contribution in [1.29, 1.82) is 0 Å². The van der Waals surface area contributed by atoms with E-state index in [9.17, 15) is 9.90 Å². The Bertz CT molecular complexity index is 660. The molecular formula is C19H23NO3. The lowest BCUT2D eigenvalue weighted by atomic mass is 10.1. The third-order valence-corrected chi connectivity index (χ3v) is 3.30. The minimum atomic E-state index is -0.129. The van der Waals surface area contributed by atoms with E-state index in [1.165, 1.54) is 6.07 Å². The van der Waals surface area contributed by atoms with Crippen molar-refractivity contribution in [2.24, 2.45) is 0 Å². The maximum absolute atomic E-state index is 12.1. The predicted octanol–water partition coefficient (Wildman–Crippen LogP) is 3.54. The van der Waals surface area contributed by atoms with E-state index in [2.05, 4.69) is 5.32 Å². The second-order valence-electron chi connectivity index (χ2n) is 6.48. The van der Waals surface area contributed by atoms with Gasteiger partial charge in [0.1, 0.15) is 6.61 Å². The highest BCUT2D eigenvalue weighted by molar-refractivity contribution is 5.98. The van der Waals surface area contributed by atoms with Crippen LogP contribution in [0.4, 0.5) is 0 Å². The van der Waals surface area contributed by atoms with Crippen LogP contribution in [-0.2, 0) is 6.61 Å². The van der Waals surface area contributed by atoms with Gasteiger partial charge in [0.15, 0.2) is 17.3 Å². The maximum atomic E-state index is 12.1. The summed E-state index contributed by atoms with van der Waals surface area (Å²) in [7, 11) is 0. The molecule has 0 amide bonds. The molecule has 0 saturated carbocycles. The van der Waals surface area contributed by atoms with Crippen LogP contribution in [0.15, 0.2) is 48.5 Å². The fourth-order valence-corrected chi connectivity index (χ4v) is 2.00. The second-order valence-corrected chi connectivity index (χ2v) is 6.48. The van der Waals surface area contributed by atoms with Crippen LogP contribution < -0.4 is 10.1 Å². The van der Waals surface area contributed by atoms with E-state index >= 15 is 0 Å². The minimum Gasteiger partial charge on any atom is -0.504 e. The van der Waals surface area contributed by atoms with E-state index in [4.69, 9.17) is 4.74 Å².